The molecule has 0 bridgehead atoms. The highest BCUT2D eigenvalue weighted by atomic mass is 32.2. The monoisotopic (exact) mass is 776 g/mol. The molecule has 5 atom stereocenters. The van der Waals surface area contributed by atoms with Gasteiger partial charge in [-0.25, -0.2) is 9.52 Å². The topological polar surface area (TPSA) is 215 Å². The van der Waals surface area contributed by atoms with Gasteiger partial charge in [-0.05, 0) is 79.7 Å². The summed E-state index contributed by atoms with van der Waals surface area (Å²) in [7, 11) is -4.54. The van der Waals surface area contributed by atoms with E-state index in [-0.39, 0.29) is 43.4 Å². The highest BCUT2D eigenvalue weighted by molar-refractivity contribution is 7.88. The molecule has 4 heterocycles. The Bertz CT molecular complexity index is 1970. The number of allylic oxidation sites excluding steroid dienone is 1. The van der Waals surface area contributed by atoms with Gasteiger partial charge in [0.15, 0.2) is 0 Å². The Balaban J connectivity index is 1.08. The zero-order valence-corrected chi connectivity index (χ0v) is 31.3. The minimum Gasteiger partial charge on any atom is -0.446 e. The molecule has 2 aromatic rings. The molecule has 8 rings (SSSR count). The number of nitrogens with zero attached hydrogens (tertiary/aromatic N) is 3. The minimum absolute atomic E-state index is 0.168. The maximum Gasteiger partial charge on any atom is 0.408 e. The molecular weight excluding hydrogens is 729 g/mol. The molecule has 0 aromatic heterocycles. The zero-order chi connectivity index (χ0) is 38.2. The van der Waals surface area contributed by atoms with Crippen LogP contribution in [0.15, 0.2) is 52.9 Å². The van der Waals surface area contributed by atoms with E-state index in [0.717, 1.165) is 55.0 Å². The van der Waals surface area contributed by atoms with Crippen LogP contribution in [0.2, 0.25) is 0 Å². The van der Waals surface area contributed by atoms with E-state index >= 15 is 0 Å². The first-order valence-corrected chi connectivity index (χ1v) is 20.7. The summed E-state index contributed by atoms with van der Waals surface area (Å²) in [6.07, 6.45) is 10.3. The number of carbonyl (C=O) groups excluding carboxylic acids is 4. The molecule has 4 aliphatic heterocycles. The van der Waals surface area contributed by atoms with Gasteiger partial charge in [0.1, 0.15) is 23.7 Å². The van der Waals surface area contributed by atoms with Gasteiger partial charge in [-0.2, -0.15) is 19.5 Å². The Morgan fingerprint density at radius 3 is 2.36 bits per heavy atom. The Morgan fingerprint density at radius 1 is 0.927 bits per heavy atom. The number of nitrogens with one attached hydrogen (secondary N) is 7. The second-order valence-electron chi connectivity index (χ2n) is 15.4. The Kier molecular flexibility index (Phi) is 10.4. The summed E-state index contributed by atoms with van der Waals surface area (Å²) in [6, 6.07) is 10.3. The van der Waals surface area contributed by atoms with Crippen molar-refractivity contribution in [2.75, 3.05) is 6.54 Å². The maximum absolute atomic E-state index is 14.7. The molecular formula is C37H48N10O7S. The molecule has 18 heteroatoms. The van der Waals surface area contributed by atoms with E-state index in [1.54, 1.807) is 4.90 Å². The van der Waals surface area contributed by atoms with E-state index in [2.05, 4.69) is 66.1 Å². The predicted octanol–water partition coefficient (Wildman–Crippen LogP) is 1.39. The number of alkyl carbamates (subject to hydrolysis) is 1. The molecule has 2 aliphatic carbocycles. The quantitative estimate of drug-likeness (QED) is 0.208. The van der Waals surface area contributed by atoms with Crippen LogP contribution in [-0.4, -0.2) is 84.3 Å². The average molecular weight is 777 g/mol. The van der Waals surface area contributed by atoms with Gasteiger partial charge in [0.2, 0.25) is 17.8 Å². The first kappa shape index (κ1) is 37.2. The summed E-state index contributed by atoms with van der Waals surface area (Å²) in [5.74, 6) is -2.54. The van der Waals surface area contributed by atoms with Crippen molar-refractivity contribution in [1.82, 2.24) is 47.1 Å². The second kappa shape index (κ2) is 15.4. The van der Waals surface area contributed by atoms with Gasteiger partial charge in [-0.15, -0.1) is 4.40 Å². The normalized spacial score (nSPS) is 29.5. The molecule has 7 N–H and O–H groups in total. The lowest BCUT2D eigenvalue weighted by Gasteiger charge is -2.34. The van der Waals surface area contributed by atoms with E-state index in [1.165, 1.54) is 5.39 Å². The van der Waals surface area contributed by atoms with Crippen molar-refractivity contribution in [3.05, 3.63) is 59.7 Å². The van der Waals surface area contributed by atoms with Crippen molar-refractivity contribution in [2.24, 2.45) is 10.3 Å². The van der Waals surface area contributed by atoms with Crippen LogP contribution in [-0.2, 0) is 42.4 Å². The summed E-state index contributed by atoms with van der Waals surface area (Å²) >= 11 is 0. The van der Waals surface area contributed by atoms with Crippen LogP contribution in [0, 0.1) is 5.92 Å². The molecule has 2 aromatic carbocycles. The number of guanidine groups is 1. The van der Waals surface area contributed by atoms with Crippen molar-refractivity contribution in [3.8, 4) is 0 Å². The van der Waals surface area contributed by atoms with Crippen molar-refractivity contribution in [1.29, 1.82) is 0 Å². The van der Waals surface area contributed by atoms with Crippen LogP contribution in [0.5, 0.6) is 0 Å². The lowest BCUT2D eigenvalue weighted by atomic mass is 9.94. The molecule has 0 radical (unpaired) electrons. The summed E-state index contributed by atoms with van der Waals surface area (Å²) in [6.45, 7) is 1.47. The van der Waals surface area contributed by atoms with Crippen molar-refractivity contribution in [3.63, 3.8) is 0 Å². The fraction of sp³-hybridized carbons (Fsp3) is 0.541. The minimum atomic E-state index is -4.54. The Labute approximate surface area is 319 Å². The lowest BCUT2D eigenvalue weighted by molar-refractivity contribution is -0.141. The predicted molar refractivity (Wildman–Crippen MR) is 201 cm³/mol. The van der Waals surface area contributed by atoms with Crippen molar-refractivity contribution < 1.29 is 32.3 Å². The highest BCUT2D eigenvalue weighted by Crippen LogP contribution is 2.46. The van der Waals surface area contributed by atoms with Crippen LogP contribution in [0.25, 0.3) is 10.8 Å². The number of hydrogen-bond donors (Lipinski definition) is 7. The van der Waals surface area contributed by atoms with Crippen molar-refractivity contribution >= 4 is 50.8 Å². The molecule has 2 saturated heterocycles. The largest absolute Gasteiger partial charge is 0.446 e. The average Bonchev–Trinajstić information content (AvgIpc) is 3.64. The van der Waals surface area contributed by atoms with Gasteiger partial charge in [0, 0.05) is 31.6 Å². The summed E-state index contributed by atoms with van der Waals surface area (Å²) in [5, 5.41) is 8.15. The van der Waals surface area contributed by atoms with Crippen molar-refractivity contribution in [2.45, 2.75) is 113 Å². The van der Waals surface area contributed by atoms with Crippen LogP contribution in [0.4, 0.5) is 4.79 Å². The number of hydrogen-bond acceptors (Lipinski definition) is 10. The van der Waals surface area contributed by atoms with Crippen LogP contribution >= 0.6 is 0 Å². The molecule has 2 saturated carbocycles. The smallest absolute Gasteiger partial charge is 0.408 e. The van der Waals surface area contributed by atoms with Crippen LogP contribution in [0.1, 0.15) is 81.8 Å². The van der Waals surface area contributed by atoms with Crippen LogP contribution in [0.3, 0.4) is 0 Å². The third kappa shape index (κ3) is 7.99. The van der Waals surface area contributed by atoms with Gasteiger partial charge in [0.05, 0.1) is 0 Å². The molecule has 4 unspecified atom stereocenters. The van der Waals surface area contributed by atoms with E-state index in [1.807, 2.05) is 29.0 Å². The van der Waals surface area contributed by atoms with E-state index in [4.69, 9.17) is 4.74 Å². The SMILES string of the molecule is O=C(NC1CCCCC/C=C/C2CC2(C(=O)NS(=O)(=O)N=C2NNNN2)NC(=O)C2C[C@@H](N3Cc4cccc5cccc(c45)C3)CN2C1=O)OC1CCCC1. The Morgan fingerprint density at radius 2 is 1.64 bits per heavy atom. The Hall–Kier alpha value is -4.78. The van der Waals surface area contributed by atoms with E-state index < -0.39 is 51.7 Å². The van der Waals surface area contributed by atoms with E-state index in [9.17, 15) is 27.6 Å². The first-order valence-electron chi connectivity index (χ1n) is 19.3. The molecule has 294 valence electrons. The number of rotatable bonds is 6. The first-order chi connectivity index (χ1) is 26.6. The number of benzene rings is 2. The summed E-state index contributed by atoms with van der Waals surface area (Å²) < 4.78 is 37.1. The second-order valence-corrected chi connectivity index (χ2v) is 16.8. The summed E-state index contributed by atoms with van der Waals surface area (Å²) in [4.78, 5) is 60.1. The lowest BCUT2D eigenvalue weighted by Crippen LogP contribution is -2.58. The van der Waals surface area contributed by atoms with Gasteiger partial charge >= 0.3 is 16.3 Å². The maximum atomic E-state index is 14.7. The fourth-order valence-corrected chi connectivity index (χ4v) is 9.61. The van der Waals surface area contributed by atoms with Gasteiger partial charge in [0.25, 0.3) is 5.91 Å². The molecule has 55 heavy (non-hydrogen) atoms. The van der Waals surface area contributed by atoms with Gasteiger partial charge in [-0.1, -0.05) is 61.4 Å². The number of fused-ring (bicyclic) bond motifs is 2. The molecule has 17 nitrogen and oxygen atoms in total. The van der Waals surface area contributed by atoms with Gasteiger partial charge < -0.3 is 20.3 Å². The number of amides is 4. The third-order valence-corrected chi connectivity index (χ3v) is 12.6. The molecule has 4 amide bonds. The molecule has 4 fully saturated rings. The number of carbonyl (C=O) groups is 4. The van der Waals surface area contributed by atoms with Gasteiger partial charge in [-0.3, -0.25) is 30.1 Å². The number of ether oxygens (including phenoxy) is 1. The standard InChI is InChI=1S/C37H48N10O7S/c48-32-30-18-27(46-20-24-12-8-10-23-11-9-13-25(21-46)31(23)24)22-47(30)33(49)29(38-36(51)54-28-15-6-7-16-28)17-5-3-1-2-4-14-26-19-37(26,39-32)34(50)42-55(52,53)43-35-40-44-45-41-35/h4,8-14,26-30,44-45H,1-3,5-7,15-22H2,(H,38,51)(H,39,48)(H,42,50)(H2,40,41,43)/b14-4+/t26?,27-,29?,30?,37?/m1/s1. The molecule has 0 spiro atoms. The third-order valence-electron chi connectivity index (χ3n) is 11.7. The zero-order valence-electron chi connectivity index (χ0n) is 30.5. The highest BCUT2D eigenvalue weighted by Gasteiger charge is 2.62. The summed E-state index contributed by atoms with van der Waals surface area (Å²) in [5.41, 5.74) is 10.5. The number of hydrazine groups is 3. The van der Waals surface area contributed by atoms with Crippen LogP contribution < -0.4 is 37.3 Å². The van der Waals surface area contributed by atoms with E-state index in [0.29, 0.717) is 32.4 Å². The fourth-order valence-electron chi connectivity index (χ4n) is 8.82. The molecule has 6 aliphatic rings.